The van der Waals surface area contributed by atoms with Crippen LogP contribution in [0.4, 0.5) is 18.9 Å². The molecule has 0 spiro atoms. The van der Waals surface area contributed by atoms with Crippen LogP contribution in [0.5, 0.6) is 5.75 Å². The van der Waals surface area contributed by atoms with Crippen LogP contribution in [0.15, 0.2) is 42.6 Å². The summed E-state index contributed by atoms with van der Waals surface area (Å²) in [7, 11) is 0. The van der Waals surface area contributed by atoms with Gasteiger partial charge in [0.2, 0.25) is 0 Å². The Morgan fingerprint density at radius 2 is 1.83 bits per heavy atom. The smallest absolute Gasteiger partial charge is 0.416 e. The van der Waals surface area contributed by atoms with E-state index in [4.69, 9.17) is 4.74 Å². The van der Waals surface area contributed by atoms with Crippen LogP contribution in [0.1, 0.15) is 29.9 Å². The van der Waals surface area contributed by atoms with Gasteiger partial charge in [0.25, 0.3) is 5.91 Å². The van der Waals surface area contributed by atoms with E-state index in [2.05, 4.69) is 10.3 Å². The third-order valence-corrected chi connectivity index (χ3v) is 2.80. The average Bonchev–Trinajstić information content (AvgIpc) is 2.48. The van der Waals surface area contributed by atoms with Gasteiger partial charge >= 0.3 is 6.18 Å². The molecule has 0 aliphatic carbocycles. The van der Waals surface area contributed by atoms with Crippen molar-refractivity contribution in [1.29, 1.82) is 0 Å². The molecule has 1 aromatic heterocycles. The Hall–Kier alpha value is -2.57. The summed E-state index contributed by atoms with van der Waals surface area (Å²) in [6, 6.07) is 8.05. The lowest BCUT2D eigenvalue weighted by Gasteiger charge is -2.11. The minimum atomic E-state index is -4.52. The number of aromatic nitrogens is 1. The Morgan fingerprint density at radius 1 is 1.17 bits per heavy atom. The minimum absolute atomic E-state index is 0.0183. The molecule has 0 aliphatic rings. The van der Waals surface area contributed by atoms with E-state index in [-0.39, 0.29) is 11.8 Å². The zero-order chi connectivity index (χ0) is 17.0. The molecular weight excluding hydrogens is 309 g/mol. The van der Waals surface area contributed by atoms with E-state index in [0.29, 0.717) is 17.5 Å². The van der Waals surface area contributed by atoms with Gasteiger partial charge in [-0.3, -0.25) is 9.78 Å². The molecule has 4 nitrogen and oxygen atoms in total. The largest absolute Gasteiger partial charge is 0.491 e. The lowest BCUT2D eigenvalue weighted by molar-refractivity contribution is -0.137. The van der Waals surface area contributed by atoms with Crippen molar-refractivity contribution in [2.24, 2.45) is 0 Å². The zero-order valence-electron chi connectivity index (χ0n) is 12.5. The van der Waals surface area contributed by atoms with Crippen LogP contribution in [0, 0.1) is 0 Å². The molecule has 0 aliphatic heterocycles. The number of hydrogen-bond acceptors (Lipinski definition) is 3. The number of pyridine rings is 1. The summed E-state index contributed by atoms with van der Waals surface area (Å²) < 4.78 is 43.4. The Morgan fingerprint density at radius 3 is 2.39 bits per heavy atom. The Labute approximate surface area is 131 Å². The first kappa shape index (κ1) is 16.8. The Bertz CT molecular complexity index is 682. The van der Waals surface area contributed by atoms with Crippen molar-refractivity contribution in [1.82, 2.24) is 4.98 Å². The van der Waals surface area contributed by atoms with Gasteiger partial charge in [0.05, 0.1) is 11.7 Å². The maximum atomic E-state index is 12.6. The lowest BCUT2D eigenvalue weighted by Crippen LogP contribution is -2.15. The van der Waals surface area contributed by atoms with Gasteiger partial charge in [0.15, 0.2) is 0 Å². The summed E-state index contributed by atoms with van der Waals surface area (Å²) in [6.45, 7) is 3.77. The molecule has 0 unspecified atom stereocenters. The second-order valence-corrected chi connectivity index (χ2v) is 5.07. The highest BCUT2D eigenvalue weighted by atomic mass is 19.4. The van der Waals surface area contributed by atoms with Crippen LogP contribution < -0.4 is 10.1 Å². The molecule has 23 heavy (non-hydrogen) atoms. The van der Waals surface area contributed by atoms with E-state index in [0.717, 1.165) is 12.3 Å². The van der Waals surface area contributed by atoms with Crippen LogP contribution in [0.2, 0.25) is 0 Å². The van der Waals surface area contributed by atoms with Gasteiger partial charge in [-0.25, -0.2) is 0 Å². The van der Waals surface area contributed by atoms with E-state index in [1.54, 1.807) is 24.3 Å². The third-order valence-electron chi connectivity index (χ3n) is 2.80. The maximum Gasteiger partial charge on any atom is 0.416 e. The number of anilines is 1. The molecule has 122 valence electrons. The highest BCUT2D eigenvalue weighted by molar-refractivity contribution is 6.02. The van der Waals surface area contributed by atoms with Crippen molar-refractivity contribution >= 4 is 11.6 Å². The molecule has 2 rings (SSSR count). The van der Waals surface area contributed by atoms with Gasteiger partial charge in [-0.1, -0.05) is 0 Å². The van der Waals surface area contributed by atoms with Crippen molar-refractivity contribution < 1.29 is 22.7 Å². The highest BCUT2D eigenvalue weighted by Crippen LogP contribution is 2.29. The summed E-state index contributed by atoms with van der Waals surface area (Å²) in [6.07, 6.45) is -3.55. The van der Waals surface area contributed by atoms with E-state index in [1.165, 1.54) is 0 Å². The predicted octanol–water partition coefficient (Wildman–Crippen LogP) is 4.14. The van der Waals surface area contributed by atoms with Crippen molar-refractivity contribution in [2.45, 2.75) is 26.1 Å². The molecule has 1 heterocycles. The Kier molecular flexibility index (Phi) is 4.88. The summed E-state index contributed by atoms with van der Waals surface area (Å²) in [5, 5.41) is 2.49. The normalized spacial score (nSPS) is 11.4. The van der Waals surface area contributed by atoms with Gasteiger partial charge in [-0.2, -0.15) is 13.2 Å². The molecule has 0 atom stereocenters. The highest BCUT2D eigenvalue weighted by Gasteiger charge is 2.31. The van der Waals surface area contributed by atoms with Gasteiger partial charge in [-0.05, 0) is 50.2 Å². The number of alkyl halides is 3. The monoisotopic (exact) mass is 324 g/mol. The molecule has 0 fully saturated rings. The van der Waals surface area contributed by atoms with Crippen molar-refractivity contribution in [2.75, 3.05) is 5.32 Å². The standard InChI is InChI=1S/C16H15F3N2O2/c1-10(2)23-13-5-3-12(4-6-13)21-15(22)14-9-11(7-8-20-14)16(17,18)19/h3-10H,1-2H3,(H,21,22). The predicted molar refractivity (Wildman–Crippen MR) is 79.4 cm³/mol. The first-order valence-electron chi connectivity index (χ1n) is 6.87. The second-order valence-electron chi connectivity index (χ2n) is 5.07. The molecule has 1 N–H and O–H groups in total. The van der Waals surface area contributed by atoms with Crippen LogP contribution in [-0.2, 0) is 6.18 Å². The SMILES string of the molecule is CC(C)Oc1ccc(NC(=O)c2cc(C(F)(F)F)ccn2)cc1. The maximum absolute atomic E-state index is 12.6. The number of benzene rings is 1. The first-order valence-corrected chi connectivity index (χ1v) is 6.87. The fourth-order valence-electron chi connectivity index (χ4n) is 1.82. The minimum Gasteiger partial charge on any atom is -0.491 e. The molecule has 7 heteroatoms. The van der Waals surface area contributed by atoms with Crippen LogP contribution in [0.3, 0.4) is 0 Å². The molecule has 0 saturated carbocycles. The van der Waals surface area contributed by atoms with Gasteiger partial charge < -0.3 is 10.1 Å². The molecular formula is C16H15F3N2O2. The Balaban J connectivity index is 2.10. The summed E-state index contributed by atoms with van der Waals surface area (Å²) in [5.74, 6) is -0.0798. The second kappa shape index (κ2) is 6.68. The van der Waals surface area contributed by atoms with Crippen LogP contribution in [-0.4, -0.2) is 17.0 Å². The number of rotatable bonds is 4. The summed E-state index contributed by atoms with van der Waals surface area (Å²) in [4.78, 5) is 15.7. The molecule has 2 aromatic rings. The van der Waals surface area contributed by atoms with Crippen LogP contribution in [0.25, 0.3) is 0 Å². The van der Waals surface area contributed by atoms with Gasteiger partial charge in [0, 0.05) is 11.9 Å². The molecule has 0 bridgehead atoms. The number of ether oxygens (including phenoxy) is 1. The van der Waals surface area contributed by atoms with Gasteiger partial charge in [0.1, 0.15) is 11.4 Å². The van der Waals surface area contributed by atoms with Crippen molar-refractivity contribution in [3.63, 3.8) is 0 Å². The average molecular weight is 324 g/mol. The molecule has 1 aromatic carbocycles. The zero-order valence-corrected chi connectivity index (χ0v) is 12.5. The van der Waals surface area contributed by atoms with E-state index in [9.17, 15) is 18.0 Å². The number of nitrogens with one attached hydrogen (secondary N) is 1. The number of halogens is 3. The molecule has 0 radical (unpaired) electrons. The number of carbonyl (C=O) groups excluding carboxylic acids is 1. The molecule has 0 saturated heterocycles. The van der Waals surface area contributed by atoms with E-state index in [1.807, 2.05) is 13.8 Å². The topological polar surface area (TPSA) is 51.2 Å². The van der Waals surface area contributed by atoms with Crippen LogP contribution >= 0.6 is 0 Å². The number of amides is 1. The fourth-order valence-corrected chi connectivity index (χ4v) is 1.82. The number of nitrogens with zero attached hydrogens (tertiary/aromatic N) is 1. The summed E-state index contributed by atoms with van der Waals surface area (Å²) >= 11 is 0. The van der Waals surface area contributed by atoms with E-state index >= 15 is 0 Å². The van der Waals surface area contributed by atoms with E-state index < -0.39 is 17.6 Å². The van der Waals surface area contributed by atoms with Crippen molar-refractivity contribution in [3.8, 4) is 5.75 Å². The van der Waals surface area contributed by atoms with Gasteiger partial charge in [-0.15, -0.1) is 0 Å². The fraction of sp³-hybridized carbons (Fsp3) is 0.250. The third kappa shape index (κ3) is 4.70. The summed E-state index contributed by atoms with van der Waals surface area (Å²) in [5.41, 5.74) is -0.786. The molecule has 1 amide bonds. The lowest BCUT2D eigenvalue weighted by atomic mass is 10.2. The van der Waals surface area contributed by atoms with Crippen molar-refractivity contribution in [3.05, 3.63) is 53.9 Å². The number of hydrogen-bond donors (Lipinski definition) is 1. The quantitative estimate of drug-likeness (QED) is 0.919. The first-order chi connectivity index (χ1) is 10.8. The number of carbonyl (C=O) groups is 1.